The van der Waals surface area contributed by atoms with Gasteiger partial charge < -0.3 is 30.7 Å². The molecule has 0 aliphatic heterocycles. The minimum absolute atomic E-state index is 0.0120. The molecule has 0 spiro atoms. The third kappa shape index (κ3) is 30.1. The van der Waals surface area contributed by atoms with Crippen molar-refractivity contribution in [2.75, 3.05) is 40.2 Å². The normalized spacial score (nSPS) is 12.3. The highest BCUT2D eigenvalue weighted by atomic mass is 32.2. The zero-order valence-corrected chi connectivity index (χ0v) is 82.0. The molecule has 0 fully saturated rings. The maximum Gasteiger partial charge on any atom is 0.296 e. The van der Waals surface area contributed by atoms with Crippen molar-refractivity contribution < 1.29 is 74.3 Å². The molecule has 0 saturated carbocycles. The quantitative estimate of drug-likeness (QED) is 0.00974. The van der Waals surface area contributed by atoms with Crippen LogP contribution >= 0.6 is 0 Å². The minimum atomic E-state index is -4.84. The van der Waals surface area contributed by atoms with E-state index in [1.54, 1.807) is 160 Å². The SMILES string of the molecule is CCCOc1cc(N=Nc2ccc(N=Nc3ccccc3)cc2S(=O)(=O)O)c(C)cc1Cc1nc(Cc2ccc(N=Nc3ccc(N=Nc4ccc(S(=O)(=O)O)cc4)cc3)c(C)c2)nc(NCc2ccc(CNc3nc(Nc4ccc(N=Nc5ccc(N=Nc6ccccc6)cc5S(=O)(=O)O)c(C)c4)nc(Nc4cc(C)c(N=Nc5ccc(N=Nc6ccc(S(=O)(=O)O)cc6)cc5)cc4OCCCS(=O)(=O)O)n3)cc2)n1. The second-order valence-electron chi connectivity index (χ2n) is 32.3. The van der Waals surface area contributed by atoms with E-state index in [0.29, 0.717) is 127 Å². The average molecular weight is 2060 g/mol. The van der Waals surface area contributed by atoms with Crippen molar-refractivity contribution in [1.29, 1.82) is 0 Å². The maximum absolute atomic E-state index is 12.8. The molecule has 0 saturated heterocycles. The third-order valence-electron chi connectivity index (χ3n) is 21.0. The van der Waals surface area contributed by atoms with E-state index in [2.05, 4.69) is 103 Å². The van der Waals surface area contributed by atoms with Crippen LogP contribution in [0.5, 0.6) is 11.5 Å². The van der Waals surface area contributed by atoms with Crippen LogP contribution in [0.4, 0.5) is 126 Å². The number of aryl methyl sites for hydroxylation is 4. The van der Waals surface area contributed by atoms with E-state index in [0.717, 1.165) is 34.4 Å². The van der Waals surface area contributed by atoms with Gasteiger partial charge in [-0.1, -0.05) is 79.7 Å². The lowest BCUT2D eigenvalue weighted by Crippen LogP contribution is -2.12. The van der Waals surface area contributed by atoms with Crippen LogP contribution in [0.3, 0.4) is 0 Å². The van der Waals surface area contributed by atoms with Crippen molar-refractivity contribution in [3.63, 3.8) is 0 Å². The molecule has 15 rings (SSSR count). The van der Waals surface area contributed by atoms with Crippen LogP contribution in [0.1, 0.15) is 75.9 Å². The highest BCUT2D eigenvalue weighted by molar-refractivity contribution is 7.87. The van der Waals surface area contributed by atoms with Gasteiger partial charge in [0.2, 0.25) is 23.8 Å². The number of ether oxygens (including phenoxy) is 2. The molecule has 0 amide bonds. The molecule has 146 heavy (non-hydrogen) atoms. The first-order valence-corrected chi connectivity index (χ1v) is 51.6. The maximum atomic E-state index is 12.8. The highest BCUT2D eigenvalue weighted by Crippen LogP contribution is 2.41. The van der Waals surface area contributed by atoms with E-state index >= 15 is 0 Å². The van der Waals surface area contributed by atoms with Crippen molar-refractivity contribution in [2.24, 2.45) is 81.8 Å². The second kappa shape index (κ2) is 46.8. The summed E-state index contributed by atoms with van der Waals surface area (Å²) in [4.78, 5) is 27.6. The van der Waals surface area contributed by atoms with Crippen LogP contribution in [-0.4, -0.2) is 114 Å². The molecule has 0 atom stereocenters. The fourth-order valence-corrected chi connectivity index (χ4v) is 16.4. The molecule has 43 nitrogen and oxygen atoms in total. The summed E-state index contributed by atoms with van der Waals surface area (Å²) >= 11 is 0. The summed E-state index contributed by atoms with van der Waals surface area (Å²) in [6.07, 6.45) is 0.868. The van der Waals surface area contributed by atoms with E-state index in [4.69, 9.17) is 39.4 Å². The topological polar surface area (TPSA) is 614 Å². The Kier molecular flexibility index (Phi) is 33.2. The van der Waals surface area contributed by atoms with Crippen molar-refractivity contribution >= 4 is 177 Å². The lowest BCUT2D eigenvalue weighted by molar-refractivity contribution is 0.314. The lowest BCUT2D eigenvalue weighted by Gasteiger charge is -2.16. The molecule has 13 aromatic carbocycles. The molecule has 15 aromatic rings. The number of hydrogen-bond acceptors (Lipinski definition) is 38. The molecule has 0 bridgehead atoms. The Hall–Kier alpha value is -17.0. The number of anilines is 6. The van der Waals surface area contributed by atoms with Gasteiger partial charge in [-0.25, -0.2) is 4.98 Å². The molecule has 0 aliphatic rings. The number of aromatic nitrogens is 6. The summed E-state index contributed by atoms with van der Waals surface area (Å²) in [5.41, 5.74) is 11.4. The van der Waals surface area contributed by atoms with Gasteiger partial charge in [-0.15, -0.1) is 10.2 Å². The molecule has 48 heteroatoms. The first-order valence-electron chi connectivity index (χ1n) is 44.3. The minimum Gasteiger partial charge on any atom is -0.493 e. The van der Waals surface area contributed by atoms with E-state index in [9.17, 15) is 64.9 Å². The van der Waals surface area contributed by atoms with Crippen LogP contribution in [-0.2, 0) is 76.5 Å². The van der Waals surface area contributed by atoms with Gasteiger partial charge in [0.25, 0.3) is 50.6 Å². The Balaban J connectivity index is 0.694. The number of nitrogens with one attached hydrogen (secondary N) is 4. The van der Waals surface area contributed by atoms with Crippen LogP contribution in [0.2, 0.25) is 0 Å². The highest BCUT2D eigenvalue weighted by Gasteiger charge is 2.24. The van der Waals surface area contributed by atoms with Gasteiger partial charge in [-0.3, -0.25) is 22.8 Å². The van der Waals surface area contributed by atoms with Crippen molar-refractivity contribution in [1.82, 2.24) is 29.9 Å². The molecule has 9 N–H and O–H groups in total. The predicted octanol–water partition coefficient (Wildman–Crippen LogP) is 25.9. The number of benzene rings is 13. The molecule has 0 unspecified atom stereocenters. The van der Waals surface area contributed by atoms with Gasteiger partial charge >= 0.3 is 0 Å². The summed E-state index contributed by atoms with van der Waals surface area (Å²) in [7, 11) is -22.9. The van der Waals surface area contributed by atoms with Crippen LogP contribution in [0, 0.1) is 27.7 Å². The Bertz CT molecular complexity index is 8220. The first kappa shape index (κ1) is 103. The zero-order chi connectivity index (χ0) is 103. The van der Waals surface area contributed by atoms with Crippen LogP contribution < -0.4 is 30.7 Å². The van der Waals surface area contributed by atoms with E-state index in [-0.39, 0.29) is 107 Å². The van der Waals surface area contributed by atoms with Crippen molar-refractivity contribution in [2.45, 2.75) is 93.0 Å². The monoisotopic (exact) mass is 2060 g/mol. The van der Waals surface area contributed by atoms with E-state index in [1.165, 1.54) is 72.8 Å². The summed E-state index contributed by atoms with van der Waals surface area (Å²) in [5.74, 6) is 0.988. The molecule has 0 aliphatic carbocycles. The number of rotatable bonds is 42. The standard InChI is InChI=1S/C98H88N26O17S5/c1-6-46-140-89-57-86(124-122-85-45-37-79(56-92(85)146(137,138)139)118-110-70-16-11-8-12-17-70)62(3)50-68(89)54-94-103-93(53-67-22-42-82(61(2)49-67)119-115-73-27-23-71(24-28-73)111-113-75-31-38-80(39-32-75)143(128,129)130)104-95(105-94)99-59-65-18-20-66(21-19-65)60-100-96-106-97(101-77-35-43-83(63(4)51-77)120-121-84-44-36-78(55-91(84)145(134,135)136)117-109-69-14-9-7-10-15-69)108-98(107-96)102-88-52-64(5)87(58-90(88)141-47-13-48-142(125,126)127)123-116-74-29-25-72(26-30-74)112-114-76-33-40-81(41-34-76)144(131,132)133/h7-12,14-45,49-52,55-58H,6,13,46-48,53-54,59-60H2,1-5H3,(H,125,126,127)(H,128,129,130)(H,131,132,133)(H,134,135,136)(H,137,138,139)(H,99,103,104,105)(H3,100,101,102,106,107,108). The van der Waals surface area contributed by atoms with Crippen LogP contribution in [0.15, 0.2) is 380 Å². The van der Waals surface area contributed by atoms with Gasteiger partial charge in [0, 0.05) is 49.3 Å². The van der Waals surface area contributed by atoms with Gasteiger partial charge in [0.05, 0.1) is 114 Å². The molecular formula is C98H88N26O17S5. The second-order valence-corrected chi connectivity index (χ2v) is 39.5. The molecule has 0 radical (unpaired) electrons. The Morgan fingerprint density at radius 1 is 0.295 bits per heavy atom. The smallest absolute Gasteiger partial charge is 0.296 e. The zero-order valence-electron chi connectivity index (χ0n) is 77.9. The predicted molar refractivity (Wildman–Crippen MR) is 544 cm³/mol. The molecular weight excluding hydrogens is 1970 g/mol. The molecule has 2 heterocycles. The van der Waals surface area contributed by atoms with Crippen molar-refractivity contribution in [3.8, 4) is 11.5 Å². The Labute approximate surface area is 837 Å². The molecule has 2 aromatic heterocycles. The average Bonchev–Trinajstić information content (AvgIpc) is 0.806. The van der Waals surface area contributed by atoms with Gasteiger partial charge in [0.1, 0.15) is 44.3 Å². The molecule has 742 valence electrons. The number of hydrogen-bond donors (Lipinski definition) is 9. The van der Waals surface area contributed by atoms with E-state index in [1.807, 2.05) is 68.4 Å². The Morgan fingerprint density at radius 3 is 1.11 bits per heavy atom. The summed E-state index contributed by atoms with van der Waals surface area (Å²) < 4.78 is 183. The number of azo groups is 8. The summed E-state index contributed by atoms with van der Waals surface area (Å²) in [6, 6.07) is 74.3. The lowest BCUT2D eigenvalue weighted by atomic mass is 10.0. The van der Waals surface area contributed by atoms with Crippen molar-refractivity contribution in [3.05, 3.63) is 335 Å². The van der Waals surface area contributed by atoms with Gasteiger partial charge in [-0.2, -0.15) is 139 Å². The van der Waals surface area contributed by atoms with Crippen LogP contribution in [0.25, 0.3) is 0 Å². The third-order valence-corrected chi connectivity index (χ3v) is 25.3. The number of nitrogens with zero attached hydrogens (tertiary/aromatic N) is 22. The Morgan fingerprint density at radius 2 is 0.651 bits per heavy atom. The van der Waals surface area contributed by atoms with Gasteiger partial charge in [0.15, 0.2) is 0 Å². The fourth-order valence-electron chi connectivity index (χ4n) is 13.7. The summed E-state index contributed by atoms with van der Waals surface area (Å²) in [5, 5.41) is 81.8. The van der Waals surface area contributed by atoms with Gasteiger partial charge in [-0.05, 0) is 274 Å². The summed E-state index contributed by atoms with van der Waals surface area (Å²) in [6.45, 7) is 9.62. The van der Waals surface area contributed by atoms with E-state index < -0.39 is 66.1 Å². The largest absolute Gasteiger partial charge is 0.493 e. The first-order chi connectivity index (χ1) is 69.9. The fraction of sp³-hybridized carbons (Fsp3) is 0.143.